The monoisotopic (exact) mass is 443 g/mol. The smallest absolute Gasteiger partial charge is 0.410 e. The van der Waals surface area contributed by atoms with Crippen LogP contribution < -0.4 is 4.74 Å². The Balaban J connectivity index is 1.41. The van der Waals surface area contributed by atoms with Crippen molar-refractivity contribution in [2.75, 3.05) is 19.3 Å². The number of nitrogens with zero attached hydrogens (tertiary/aromatic N) is 3. The van der Waals surface area contributed by atoms with Crippen LogP contribution in [-0.2, 0) is 14.6 Å². The lowest BCUT2D eigenvalue weighted by molar-refractivity contribution is -0.0222. The number of pyridine rings is 1. The summed E-state index contributed by atoms with van der Waals surface area (Å²) in [5.41, 5.74) is 0.346. The predicted octanol–water partition coefficient (Wildman–Crippen LogP) is 3.43. The highest BCUT2D eigenvalue weighted by Crippen LogP contribution is 2.25. The van der Waals surface area contributed by atoms with Gasteiger partial charge in [-0.1, -0.05) is 0 Å². The number of likely N-dealkylation sites (tertiary alicyclic amines) is 1. The Morgan fingerprint density at radius 2 is 1.87 bits per heavy atom. The number of sulfone groups is 1. The molecule has 1 fully saturated rings. The molecule has 4 rings (SSSR count). The van der Waals surface area contributed by atoms with Gasteiger partial charge in [0, 0.05) is 17.8 Å². The molecule has 1 saturated heterocycles. The van der Waals surface area contributed by atoms with Crippen LogP contribution in [0.3, 0.4) is 0 Å². The van der Waals surface area contributed by atoms with E-state index in [0.29, 0.717) is 24.7 Å². The standard InChI is InChI=1S/C22H25N3O5S/c1-22(2,3)30-21(26)24-13-17(14-24)29-16-5-8-20(23-12-16)25-10-9-15-11-18(31(4,27)28)6-7-19(15)25/h5-12,17H,13-14H2,1-4H3. The third-order valence-electron chi connectivity index (χ3n) is 4.86. The maximum atomic E-state index is 12.0. The van der Waals surface area contributed by atoms with Crippen LogP contribution in [-0.4, -0.2) is 60.0 Å². The molecule has 31 heavy (non-hydrogen) atoms. The summed E-state index contributed by atoms with van der Waals surface area (Å²) >= 11 is 0. The Kier molecular flexibility index (Phi) is 5.17. The average Bonchev–Trinajstić information content (AvgIpc) is 3.06. The summed E-state index contributed by atoms with van der Waals surface area (Å²) in [6, 6.07) is 10.6. The van der Waals surface area contributed by atoms with Crippen molar-refractivity contribution in [1.82, 2.24) is 14.5 Å². The van der Waals surface area contributed by atoms with Crippen molar-refractivity contribution in [3.8, 4) is 11.6 Å². The van der Waals surface area contributed by atoms with Gasteiger partial charge >= 0.3 is 6.09 Å². The largest absolute Gasteiger partial charge is 0.485 e. The van der Waals surface area contributed by atoms with Gasteiger partial charge in [-0.25, -0.2) is 18.2 Å². The third kappa shape index (κ3) is 4.66. The number of amides is 1. The second-order valence-corrected chi connectivity index (χ2v) is 10.7. The molecule has 0 N–H and O–H groups in total. The summed E-state index contributed by atoms with van der Waals surface area (Å²) in [7, 11) is -3.26. The molecule has 0 bridgehead atoms. The average molecular weight is 444 g/mol. The van der Waals surface area contributed by atoms with Gasteiger partial charge in [0.15, 0.2) is 9.84 Å². The molecule has 0 aliphatic carbocycles. The molecule has 0 radical (unpaired) electrons. The second-order valence-electron chi connectivity index (χ2n) is 8.66. The van der Waals surface area contributed by atoms with Crippen LogP contribution in [0.2, 0.25) is 0 Å². The Morgan fingerprint density at radius 1 is 1.13 bits per heavy atom. The molecule has 0 unspecified atom stereocenters. The molecule has 0 atom stereocenters. The summed E-state index contributed by atoms with van der Waals surface area (Å²) in [6.45, 7) is 6.46. The van der Waals surface area contributed by atoms with Crippen LogP contribution >= 0.6 is 0 Å². The Labute approximate surface area is 181 Å². The lowest BCUT2D eigenvalue weighted by atomic mass is 10.1. The van der Waals surface area contributed by atoms with E-state index in [2.05, 4.69) is 4.98 Å². The van der Waals surface area contributed by atoms with Crippen LogP contribution in [0, 0.1) is 0 Å². The SMILES string of the molecule is CC(C)(C)OC(=O)N1CC(Oc2ccc(-n3ccc4cc(S(C)(=O)=O)ccc43)nc2)C1. The van der Waals surface area contributed by atoms with Crippen LogP contribution in [0.15, 0.2) is 53.7 Å². The molecule has 3 heterocycles. The summed E-state index contributed by atoms with van der Waals surface area (Å²) in [6.07, 6.45) is 4.26. The minimum atomic E-state index is -3.26. The first-order valence-corrected chi connectivity index (χ1v) is 11.8. The molecular weight excluding hydrogens is 418 g/mol. The first-order chi connectivity index (χ1) is 14.5. The maximum absolute atomic E-state index is 12.0. The molecule has 0 saturated carbocycles. The number of fused-ring (bicyclic) bond motifs is 1. The van der Waals surface area contributed by atoms with Crippen molar-refractivity contribution in [3.05, 3.63) is 48.8 Å². The Morgan fingerprint density at radius 3 is 2.48 bits per heavy atom. The minimum Gasteiger partial charge on any atom is -0.485 e. The molecule has 8 nitrogen and oxygen atoms in total. The molecule has 1 aliphatic rings. The quantitative estimate of drug-likeness (QED) is 0.614. The van der Waals surface area contributed by atoms with E-state index < -0.39 is 15.4 Å². The lowest BCUT2D eigenvalue weighted by Crippen LogP contribution is -2.57. The molecule has 164 valence electrons. The van der Waals surface area contributed by atoms with Crippen molar-refractivity contribution in [1.29, 1.82) is 0 Å². The molecule has 9 heteroatoms. The molecule has 3 aromatic rings. The van der Waals surface area contributed by atoms with Crippen molar-refractivity contribution < 1.29 is 22.7 Å². The van der Waals surface area contributed by atoms with E-state index in [-0.39, 0.29) is 17.1 Å². The van der Waals surface area contributed by atoms with Crippen LogP contribution in [0.5, 0.6) is 5.75 Å². The highest BCUT2D eigenvalue weighted by molar-refractivity contribution is 7.90. The van der Waals surface area contributed by atoms with Gasteiger partial charge in [0.2, 0.25) is 0 Å². The second kappa shape index (κ2) is 7.56. The van der Waals surface area contributed by atoms with Gasteiger partial charge < -0.3 is 18.9 Å². The van der Waals surface area contributed by atoms with E-state index in [1.165, 1.54) is 6.26 Å². The first kappa shape index (κ1) is 21.2. The molecule has 0 spiro atoms. The number of benzene rings is 1. The first-order valence-electron chi connectivity index (χ1n) is 9.92. The fraction of sp³-hybridized carbons (Fsp3) is 0.364. The lowest BCUT2D eigenvalue weighted by Gasteiger charge is -2.39. The number of carbonyl (C=O) groups excluding carboxylic acids is 1. The van der Waals surface area contributed by atoms with E-state index in [1.807, 2.05) is 49.7 Å². The molecular formula is C22H25N3O5S. The maximum Gasteiger partial charge on any atom is 0.410 e. The van der Waals surface area contributed by atoms with Crippen LogP contribution in [0.25, 0.3) is 16.7 Å². The van der Waals surface area contributed by atoms with E-state index in [9.17, 15) is 13.2 Å². The van der Waals surface area contributed by atoms with Gasteiger partial charge in [-0.05, 0) is 57.2 Å². The van der Waals surface area contributed by atoms with E-state index >= 15 is 0 Å². The highest BCUT2D eigenvalue weighted by Gasteiger charge is 2.35. The van der Waals surface area contributed by atoms with Crippen molar-refractivity contribution >= 4 is 26.8 Å². The number of hydrogen-bond acceptors (Lipinski definition) is 6. The van der Waals surface area contributed by atoms with E-state index in [4.69, 9.17) is 9.47 Å². The van der Waals surface area contributed by atoms with Gasteiger partial charge in [0.1, 0.15) is 23.3 Å². The summed E-state index contributed by atoms with van der Waals surface area (Å²) in [4.78, 5) is 18.4. The van der Waals surface area contributed by atoms with Gasteiger partial charge in [0.25, 0.3) is 0 Å². The van der Waals surface area contributed by atoms with E-state index in [1.54, 1.807) is 29.3 Å². The number of carbonyl (C=O) groups is 1. The van der Waals surface area contributed by atoms with Gasteiger partial charge in [-0.2, -0.15) is 0 Å². The Hall–Kier alpha value is -3.07. The van der Waals surface area contributed by atoms with Crippen LogP contribution in [0.1, 0.15) is 20.8 Å². The van der Waals surface area contributed by atoms with Crippen LogP contribution in [0.4, 0.5) is 4.79 Å². The zero-order valence-electron chi connectivity index (χ0n) is 17.9. The number of ether oxygens (including phenoxy) is 2. The zero-order valence-corrected chi connectivity index (χ0v) is 18.7. The fourth-order valence-corrected chi connectivity index (χ4v) is 3.97. The zero-order chi connectivity index (χ0) is 22.4. The van der Waals surface area contributed by atoms with Crippen molar-refractivity contribution in [2.24, 2.45) is 0 Å². The minimum absolute atomic E-state index is 0.0954. The number of hydrogen-bond donors (Lipinski definition) is 0. The Bertz CT molecular complexity index is 1220. The van der Waals surface area contributed by atoms with Crippen molar-refractivity contribution in [3.63, 3.8) is 0 Å². The predicted molar refractivity (Wildman–Crippen MR) is 116 cm³/mol. The molecule has 1 aliphatic heterocycles. The summed E-state index contributed by atoms with van der Waals surface area (Å²) in [5.74, 6) is 1.31. The number of rotatable bonds is 4. The van der Waals surface area contributed by atoms with Gasteiger partial charge in [-0.15, -0.1) is 0 Å². The fourth-order valence-electron chi connectivity index (χ4n) is 3.32. The number of aromatic nitrogens is 2. The third-order valence-corrected chi connectivity index (χ3v) is 5.97. The van der Waals surface area contributed by atoms with Crippen molar-refractivity contribution in [2.45, 2.75) is 37.4 Å². The molecule has 1 aromatic carbocycles. The van der Waals surface area contributed by atoms with Gasteiger partial charge in [0.05, 0.1) is 29.7 Å². The normalized spacial score (nSPS) is 15.0. The van der Waals surface area contributed by atoms with Gasteiger partial charge in [-0.3, -0.25) is 0 Å². The van der Waals surface area contributed by atoms with E-state index in [0.717, 1.165) is 10.9 Å². The molecule has 2 aromatic heterocycles. The highest BCUT2D eigenvalue weighted by atomic mass is 32.2. The summed E-state index contributed by atoms with van der Waals surface area (Å²) in [5, 5.41) is 0.821. The summed E-state index contributed by atoms with van der Waals surface area (Å²) < 4.78 is 36.6. The topological polar surface area (TPSA) is 90.7 Å². The molecule has 1 amide bonds.